The lowest BCUT2D eigenvalue weighted by molar-refractivity contribution is 0.409. The Kier molecular flexibility index (Phi) is 4.67. The van der Waals surface area contributed by atoms with Gasteiger partial charge in [-0.25, -0.2) is 4.98 Å². The molecule has 0 spiro atoms. The van der Waals surface area contributed by atoms with E-state index in [2.05, 4.69) is 50.1 Å². The SMILES string of the molecule is Cc1cccc(-c2n[nH]cc2-c2ccc3ncc(N(C)[C@@H]4CCN(C)C4)cc3n2)n1. The first-order valence-electron chi connectivity index (χ1n) is 10.2. The molecule has 7 nitrogen and oxygen atoms in total. The Bertz CT molecular complexity index is 1200. The summed E-state index contributed by atoms with van der Waals surface area (Å²) in [5, 5.41) is 7.41. The summed E-state index contributed by atoms with van der Waals surface area (Å²) in [5.41, 5.74) is 7.27. The van der Waals surface area contributed by atoms with Gasteiger partial charge in [-0.1, -0.05) is 6.07 Å². The van der Waals surface area contributed by atoms with Crippen molar-refractivity contribution in [2.75, 3.05) is 32.1 Å². The van der Waals surface area contributed by atoms with Gasteiger partial charge in [-0.2, -0.15) is 5.10 Å². The largest absolute Gasteiger partial charge is 0.369 e. The third-order valence-corrected chi connectivity index (χ3v) is 5.89. The molecule has 30 heavy (non-hydrogen) atoms. The molecule has 5 rings (SSSR count). The monoisotopic (exact) mass is 399 g/mol. The number of pyridine rings is 3. The molecular formula is C23H25N7. The molecule has 1 aliphatic rings. The van der Waals surface area contributed by atoms with Gasteiger partial charge in [0.1, 0.15) is 5.69 Å². The highest BCUT2D eigenvalue weighted by molar-refractivity contribution is 5.84. The summed E-state index contributed by atoms with van der Waals surface area (Å²) < 4.78 is 0. The predicted octanol–water partition coefficient (Wildman–Crippen LogP) is 3.53. The van der Waals surface area contributed by atoms with E-state index in [0.717, 1.165) is 58.1 Å². The van der Waals surface area contributed by atoms with E-state index < -0.39 is 0 Å². The minimum atomic E-state index is 0.505. The van der Waals surface area contributed by atoms with Gasteiger partial charge < -0.3 is 9.80 Å². The van der Waals surface area contributed by atoms with Crippen molar-refractivity contribution < 1.29 is 0 Å². The number of hydrogen-bond acceptors (Lipinski definition) is 6. The minimum absolute atomic E-state index is 0.505. The highest BCUT2D eigenvalue weighted by atomic mass is 15.2. The van der Waals surface area contributed by atoms with E-state index >= 15 is 0 Å². The lowest BCUT2D eigenvalue weighted by atomic mass is 10.1. The number of nitrogens with one attached hydrogen (secondary N) is 1. The molecule has 152 valence electrons. The first kappa shape index (κ1) is 18.7. The van der Waals surface area contributed by atoms with Crippen LogP contribution in [0.2, 0.25) is 0 Å². The number of anilines is 1. The van der Waals surface area contributed by atoms with Crippen LogP contribution in [0.5, 0.6) is 0 Å². The van der Waals surface area contributed by atoms with E-state index in [1.165, 1.54) is 6.42 Å². The van der Waals surface area contributed by atoms with Crippen LogP contribution in [-0.4, -0.2) is 63.3 Å². The molecule has 7 heteroatoms. The maximum Gasteiger partial charge on any atom is 0.120 e. The van der Waals surface area contributed by atoms with Gasteiger partial charge in [0.25, 0.3) is 0 Å². The lowest BCUT2D eigenvalue weighted by Gasteiger charge is -2.26. The Morgan fingerprint density at radius 1 is 1.10 bits per heavy atom. The third kappa shape index (κ3) is 3.41. The molecule has 1 atom stereocenters. The number of likely N-dealkylation sites (N-methyl/N-ethyl adjacent to an activating group) is 2. The number of aryl methyl sites for hydroxylation is 1. The van der Waals surface area contributed by atoms with Gasteiger partial charge in [-0.15, -0.1) is 0 Å². The molecule has 4 aromatic heterocycles. The molecule has 0 aliphatic carbocycles. The van der Waals surface area contributed by atoms with Crippen molar-refractivity contribution in [1.29, 1.82) is 0 Å². The van der Waals surface area contributed by atoms with Crippen molar-refractivity contribution in [3.63, 3.8) is 0 Å². The molecule has 1 fully saturated rings. The number of H-pyrrole nitrogens is 1. The summed E-state index contributed by atoms with van der Waals surface area (Å²) in [4.78, 5) is 18.9. The second-order valence-electron chi connectivity index (χ2n) is 8.06. The average Bonchev–Trinajstić information content (AvgIpc) is 3.42. The van der Waals surface area contributed by atoms with Crippen LogP contribution >= 0.6 is 0 Å². The summed E-state index contributed by atoms with van der Waals surface area (Å²) in [6, 6.07) is 12.6. The van der Waals surface area contributed by atoms with Crippen LogP contribution in [0.25, 0.3) is 33.7 Å². The van der Waals surface area contributed by atoms with Crippen LogP contribution in [0.3, 0.4) is 0 Å². The molecule has 0 bridgehead atoms. The molecule has 0 amide bonds. The average molecular weight is 400 g/mol. The van der Waals surface area contributed by atoms with Gasteiger partial charge in [0, 0.05) is 37.1 Å². The summed E-state index contributed by atoms with van der Waals surface area (Å²) in [6.07, 6.45) is 4.99. The van der Waals surface area contributed by atoms with Crippen LogP contribution < -0.4 is 4.90 Å². The maximum absolute atomic E-state index is 4.92. The number of rotatable bonds is 4. The summed E-state index contributed by atoms with van der Waals surface area (Å²) in [5.74, 6) is 0. The van der Waals surface area contributed by atoms with Crippen molar-refractivity contribution in [2.24, 2.45) is 0 Å². The van der Waals surface area contributed by atoms with Crippen molar-refractivity contribution >= 4 is 16.7 Å². The van der Waals surface area contributed by atoms with E-state index in [-0.39, 0.29) is 0 Å². The second-order valence-corrected chi connectivity index (χ2v) is 8.06. The Hall–Kier alpha value is -3.32. The molecule has 0 aromatic carbocycles. The van der Waals surface area contributed by atoms with Crippen molar-refractivity contribution in [1.82, 2.24) is 30.0 Å². The first-order valence-corrected chi connectivity index (χ1v) is 10.2. The topological polar surface area (TPSA) is 73.8 Å². The third-order valence-electron chi connectivity index (χ3n) is 5.89. The van der Waals surface area contributed by atoms with Gasteiger partial charge in [-0.05, 0) is 57.3 Å². The second kappa shape index (κ2) is 7.50. The molecule has 4 aromatic rings. The molecule has 5 heterocycles. The zero-order valence-corrected chi connectivity index (χ0v) is 17.5. The molecule has 0 unspecified atom stereocenters. The number of aromatic amines is 1. The van der Waals surface area contributed by atoms with Crippen LogP contribution in [-0.2, 0) is 0 Å². The quantitative estimate of drug-likeness (QED) is 0.566. The van der Waals surface area contributed by atoms with Gasteiger partial charge >= 0.3 is 0 Å². The summed E-state index contributed by atoms with van der Waals surface area (Å²) in [6.45, 7) is 4.19. The molecule has 0 saturated carbocycles. The smallest absolute Gasteiger partial charge is 0.120 e. The van der Waals surface area contributed by atoms with Crippen LogP contribution in [0.4, 0.5) is 5.69 Å². The molecule has 1 aliphatic heterocycles. The van der Waals surface area contributed by atoms with Crippen LogP contribution in [0.1, 0.15) is 12.1 Å². The Morgan fingerprint density at radius 2 is 2.00 bits per heavy atom. The lowest BCUT2D eigenvalue weighted by Crippen LogP contribution is -2.33. The Labute approximate surface area is 175 Å². The van der Waals surface area contributed by atoms with Crippen molar-refractivity contribution in [2.45, 2.75) is 19.4 Å². The first-order chi connectivity index (χ1) is 14.6. The van der Waals surface area contributed by atoms with Crippen LogP contribution in [0, 0.1) is 6.92 Å². The maximum atomic E-state index is 4.92. The highest BCUT2D eigenvalue weighted by Gasteiger charge is 2.24. The van der Waals surface area contributed by atoms with E-state index in [4.69, 9.17) is 4.98 Å². The Balaban J connectivity index is 1.52. The number of nitrogens with zero attached hydrogens (tertiary/aromatic N) is 6. The van der Waals surface area contributed by atoms with Crippen molar-refractivity contribution in [3.8, 4) is 22.6 Å². The number of fused-ring (bicyclic) bond motifs is 1. The summed E-state index contributed by atoms with van der Waals surface area (Å²) >= 11 is 0. The minimum Gasteiger partial charge on any atom is -0.369 e. The number of likely N-dealkylation sites (tertiary alicyclic amines) is 1. The van der Waals surface area contributed by atoms with Crippen LogP contribution in [0.15, 0.2) is 48.8 Å². The zero-order valence-electron chi connectivity index (χ0n) is 17.5. The number of hydrogen-bond donors (Lipinski definition) is 1. The molecule has 0 radical (unpaired) electrons. The molecule has 1 saturated heterocycles. The summed E-state index contributed by atoms with van der Waals surface area (Å²) in [7, 11) is 4.32. The fraction of sp³-hybridized carbons (Fsp3) is 0.304. The molecular weight excluding hydrogens is 374 g/mol. The van der Waals surface area contributed by atoms with Gasteiger partial charge in [0.2, 0.25) is 0 Å². The highest BCUT2D eigenvalue weighted by Crippen LogP contribution is 2.30. The van der Waals surface area contributed by atoms with E-state index in [0.29, 0.717) is 6.04 Å². The fourth-order valence-corrected chi connectivity index (χ4v) is 4.13. The van der Waals surface area contributed by atoms with Gasteiger partial charge in [-0.3, -0.25) is 15.1 Å². The Morgan fingerprint density at radius 3 is 2.80 bits per heavy atom. The fourth-order valence-electron chi connectivity index (χ4n) is 4.13. The van der Waals surface area contributed by atoms with Gasteiger partial charge in [0.15, 0.2) is 0 Å². The predicted molar refractivity (Wildman–Crippen MR) is 119 cm³/mol. The number of aromatic nitrogens is 5. The van der Waals surface area contributed by atoms with E-state index in [9.17, 15) is 0 Å². The zero-order chi connectivity index (χ0) is 20.7. The van der Waals surface area contributed by atoms with E-state index in [1.54, 1.807) is 0 Å². The standard InChI is InChI=1S/C23H25N7/c1-15-5-4-6-21(26-15)23-18(13-25-28-23)19-7-8-20-22(27-19)11-17(12-24-20)30(3)16-9-10-29(2)14-16/h4-8,11-13,16H,9-10,14H2,1-3H3,(H,25,28)/t16-/m1/s1. The molecule has 1 N–H and O–H groups in total. The van der Waals surface area contributed by atoms with Gasteiger partial charge in [0.05, 0.1) is 34.3 Å². The van der Waals surface area contributed by atoms with Crippen molar-refractivity contribution in [3.05, 3.63) is 54.5 Å². The normalized spacial score (nSPS) is 17.0. The van der Waals surface area contributed by atoms with E-state index in [1.807, 2.05) is 49.6 Å².